The minimum Gasteiger partial charge on any atom is -0.308 e. The molecule has 1 aromatic heterocycles. The fraction of sp³-hybridized carbons (Fsp3) is 0.636. The maximum Gasteiger partial charge on any atom is 0.432 e. The lowest BCUT2D eigenvalue weighted by Crippen LogP contribution is -2.46. The normalized spacial score (nSPS) is 18.8. The first kappa shape index (κ1) is 15.2. The molecule has 0 aromatic carbocycles. The fourth-order valence-electron chi connectivity index (χ4n) is 1.89. The SMILES string of the molecule is C[C@@H](C(=O)Nc1cc(C(F)(F)F)[nH]n1)N1CCSCC1. The second-order valence-electron chi connectivity index (χ2n) is 4.48. The molecule has 5 nitrogen and oxygen atoms in total. The molecular weight excluding hydrogens is 293 g/mol. The van der Waals surface area contributed by atoms with E-state index in [0.29, 0.717) is 0 Å². The first-order valence-electron chi connectivity index (χ1n) is 6.13. The number of nitrogens with zero attached hydrogens (tertiary/aromatic N) is 2. The van der Waals surface area contributed by atoms with Gasteiger partial charge >= 0.3 is 6.18 Å². The molecule has 0 radical (unpaired) electrons. The zero-order valence-electron chi connectivity index (χ0n) is 10.8. The van der Waals surface area contributed by atoms with Crippen LogP contribution in [0.4, 0.5) is 19.0 Å². The van der Waals surface area contributed by atoms with E-state index in [9.17, 15) is 18.0 Å². The summed E-state index contributed by atoms with van der Waals surface area (Å²) < 4.78 is 37.2. The van der Waals surface area contributed by atoms with E-state index < -0.39 is 11.9 Å². The first-order valence-corrected chi connectivity index (χ1v) is 7.28. The van der Waals surface area contributed by atoms with Crippen molar-refractivity contribution in [1.29, 1.82) is 0 Å². The standard InChI is InChI=1S/C11H15F3N4OS/c1-7(18-2-4-20-5-3-18)10(19)15-9-6-8(16-17-9)11(12,13)14/h6-7H,2-5H2,1H3,(H2,15,16,17,19)/t7-/m0/s1. The van der Waals surface area contributed by atoms with Crippen LogP contribution in [0.5, 0.6) is 0 Å². The molecule has 0 aliphatic carbocycles. The molecule has 1 fully saturated rings. The Labute approximate surface area is 118 Å². The molecule has 9 heteroatoms. The van der Waals surface area contributed by atoms with Gasteiger partial charge in [-0.2, -0.15) is 30.0 Å². The molecule has 1 aromatic rings. The predicted molar refractivity (Wildman–Crippen MR) is 70.6 cm³/mol. The molecule has 112 valence electrons. The van der Waals surface area contributed by atoms with E-state index >= 15 is 0 Å². The summed E-state index contributed by atoms with van der Waals surface area (Å²) in [5.41, 5.74) is -0.977. The second-order valence-corrected chi connectivity index (χ2v) is 5.70. The molecule has 0 saturated carbocycles. The Hall–Kier alpha value is -1.22. The second kappa shape index (κ2) is 6.04. The molecule has 1 amide bonds. The largest absolute Gasteiger partial charge is 0.432 e. The summed E-state index contributed by atoms with van der Waals surface area (Å²) >= 11 is 1.82. The van der Waals surface area contributed by atoms with Gasteiger partial charge in [0, 0.05) is 30.7 Å². The summed E-state index contributed by atoms with van der Waals surface area (Å²) in [6, 6.07) is 0.401. The summed E-state index contributed by atoms with van der Waals surface area (Å²) in [6.07, 6.45) is -4.49. The van der Waals surface area contributed by atoms with E-state index in [1.807, 2.05) is 21.8 Å². The number of H-pyrrole nitrogens is 1. The van der Waals surface area contributed by atoms with Crippen molar-refractivity contribution >= 4 is 23.5 Å². The van der Waals surface area contributed by atoms with Crippen LogP contribution in [-0.4, -0.2) is 51.6 Å². The summed E-state index contributed by atoms with van der Waals surface area (Å²) in [5, 5.41) is 7.72. The summed E-state index contributed by atoms with van der Waals surface area (Å²) in [4.78, 5) is 14.0. The Bertz CT molecular complexity index is 470. The van der Waals surface area contributed by atoms with E-state index in [1.165, 1.54) is 0 Å². The van der Waals surface area contributed by atoms with Gasteiger partial charge in [-0.3, -0.25) is 14.8 Å². The topological polar surface area (TPSA) is 61.0 Å². The van der Waals surface area contributed by atoms with Gasteiger partial charge in [0.05, 0.1) is 6.04 Å². The van der Waals surface area contributed by atoms with Gasteiger partial charge in [-0.1, -0.05) is 0 Å². The van der Waals surface area contributed by atoms with Gasteiger partial charge in [0.15, 0.2) is 5.82 Å². The molecule has 1 atom stereocenters. The molecule has 1 aliphatic heterocycles. The molecule has 2 heterocycles. The van der Waals surface area contributed by atoms with Gasteiger partial charge in [0.1, 0.15) is 5.69 Å². The Morgan fingerprint density at radius 2 is 2.15 bits per heavy atom. The van der Waals surface area contributed by atoms with E-state index in [2.05, 4.69) is 10.4 Å². The molecule has 1 aliphatic rings. The zero-order valence-corrected chi connectivity index (χ0v) is 11.6. The number of nitrogens with one attached hydrogen (secondary N) is 2. The van der Waals surface area contributed by atoms with E-state index in [1.54, 1.807) is 6.92 Å². The zero-order chi connectivity index (χ0) is 14.8. The van der Waals surface area contributed by atoms with Crippen molar-refractivity contribution in [2.45, 2.75) is 19.1 Å². The number of aromatic amines is 1. The van der Waals surface area contributed by atoms with E-state index in [0.717, 1.165) is 30.7 Å². The molecule has 0 unspecified atom stereocenters. The third-order valence-corrected chi connectivity index (χ3v) is 4.05. The van der Waals surface area contributed by atoms with Crippen LogP contribution in [0.1, 0.15) is 12.6 Å². The monoisotopic (exact) mass is 308 g/mol. The number of carbonyl (C=O) groups excluding carboxylic acids is 1. The molecule has 0 bridgehead atoms. The van der Waals surface area contributed by atoms with E-state index in [4.69, 9.17) is 0 Å². The quantitative estimate of drug-likeness (QED) is 0.894. The lowest BCUT2D eigenvalue weighted by Gasteiger charge is -2.30. The number of halogens is 3. The molecule has 0 spiro atoms. The Kier molecular flexibility index (Phi) is 4.59. The number of hydrogen-bond donors (Lipinski definition) is 2. The number of aromatic nitrogens is 2. The van der Waals surface area contributed by atoms with Crippen molar-refractivity contribution < 1.29 is 18.0 Å². The summed E-state index contributed by atoms with van der Waals surface area (Å²) in [5.74, 6) is 1.45. The molecular formula is C11H15F3N4OS. The third-order valence-electron chi connectivity index (χ3n) is 3.11. The summed E-state index contributed by atoms with van der Waals surface area (Å²) in [6.45, 7) is 3.34. The van der Waals surface area contributed by atoms with Crippen LogP contribution in [-0.2, 0) is 11.0 Å². The maximum atomic E-state index is 12.4. The Morgan fingerprint density at radius 3 is 2.70 bits per heavy atom. The highest BCUT2D eigenvalue weighted by Gasteiger charge is 2.33. The van der Waals surface area contributed by atoms with Crippen LogP contribution in [0.15, 0.2) is 6.07 Å². The van der Waals surface area contributed by atoms with Crippen LogP contribution in [0.2, 0.25) is 0 Å². The minimum absolute atomic E-state index is 0.111. The minimum atomic E-state index is -4.49. The fourth-order valence-corrected chi connectivity index (χ4v) is 2.82. The highest BCUT2D eigenvalue weighted by molar-refractivity contribution is 7.99. The van der Waals surface area contributed by atoms with Crippen molar-refractivity contribution in [3.8, 4) is 0 Å². The summed E-state index contributed by atoms with van der Waals surface area (Å²) in [7, 11) is 0. The van der Waals surface area contributed by atoms with E-state index in [-0.39, 0.29) is 17.8 Å². The van der Waals surface area contributed by atoms with Crippen molar-refractivity contribution in [3.05, 3.63) is 11.8 Å². The van der Waals surface area contributed by atoms with Crippen molar-refractivity contribution in [1.82, 2.24) is 15.1 Å². The average Bonchev–Trinajstić information content (AvgIpc) is 2.87. The van der Waals surface area contributed by atoms with Gasteiger partial charge in [-0.15, -0.1) is 0 Å². The predicted octanol–water partition coefficient (Wildman–Crippen LogP) is 1.80. The van der Waals surface area contributed by atoms with Gasteiger partial charge in [-0.25, -0.2) is 0 Å². The highest BCUT2D eigenvalue weighted by Crippen LogP contribution is 2.28. The first-order chi connectivity index (χ1) is 9.38. The number of hydrogen-bond acceptors (Lipinski definition) is 4. The van der Waals surface area contributed by atoms with Crippen LogP contribution < -0.4 is 5.32 Å². The molecule has 1 saturated heterocycles. The van der Waals surface area contributed by atoms with Crippen LogP contribution in [0, 0.1) is 0 Å². The van der Waals surface area contributed by atoms with Crippen molar-refractivity contribution in [3.63, 3.8) is 0 Å². The molecule has 20 heavy (non-hydrogen) atoms. The Morgan fingerprint density at radius 1 is 1.50 bits per heavy atom. The number of thioether (sulfide) groups is 1. The molecule has 2 rings (SSSR count). The highest BCUT2D eigenvalue weighted by atomic mass is 32.2. The van der Waals surface area contributed by atoms with Gasteiger partial charge in [-0.05, 0) is 6.92 Å². The molecule has 2 N–H and O–H groups in total. The van der Waals surface area contributed by atoms with Crippen molar-refractivity contribution in [2.75, 3.05) is 29.9 Å². The van der Waals surface area contributed by atoms with Crippen LogP contribution in [0.3, 0.4) is 0 Å². The lowest BCUT2D eigenvalue weighted by molar-refractivity contribution is -0.141. The van der Waals surface area contributed by atoms with Gasteiger partial charge in [0.2, 0.25) is 5.91 Å². The van der Waals surface area contributed by atoms with Crippen molar-refractivity contribution in [2.24, 2.45) is 0 Å². The number of rotatable bonds is 3. The van der Waals surface area contributed by atoms with Crippen LogP contribution >= 0.6 is 11.8 Å². The number of anilines is 1. The number of carbonyl (C=O) groups is 1. The average molecular weight is 308 g/mol. The number of amides is 1. The van der Waals surface area contributed by atoms with Gasteiger partial charge < -0.3 is 5.32 Å². The maximum absolute atomic E-state index is 12.4. The Balaban J connectivity index is 1.95. The van der Waals surface area contributed by atoms with Gasteiger partial charge in [0.25, 0.3) is 0 Å². The van der Waals surface area contributed by atoms with Crippen LogP contribution in [0.25, 0.3) is 0 Å². The smallest absolute Gasteiger partial charge is 0.308 e. The lowest BCUT2D eigenvalue weighted by atomic mass is 10.2. The number of alkyl halides is 3. The third kappa shape index (κ3) is 3.66.